The molecule has 2 aromatic rings. The summed E-state index contributed by atoms with van der Waals surface area (Å²) in [7, 11) is 0. The van der Waals surface area contributed by atoms with Crippen LogP contribution in [0, 0.1) is 0 Å². The van der Waals surface area contributed by atoms with Crippen molar-refractivity contribution >= 4 is 11.8 Å². The SMILES string of the molecule is O=C(NCCN1CCOCC1)c1ccc(CNC(=O)c2ccccc2)cc1. The number of benzene rings is 2. The largest absolute Gasteiger partial charge is 0.379 e. The highest BCUT2D eigenvalue weighted by atomic mass is 16.5. The van der Waals surface area contributed by atoms with Gasteiger partial charge in [-0.25, -0.2) is 0 Å². The minimum Gasteiger partial charge on any atom is -0.379 e. The Bertz CT molecular complexity index is 741. The molecular weight excluding hydrogens is 342 g/mol. The van der Waals surface area contributed by atoms with Crippen molar-refractivity contribution in [3.05, 3.63) is 71.3 Å². The van der Waals surface area contributed by atoms with E-state index in [0.29, 0.717) is 24.2 Å². The Kier molecular flexibility index (Phi) is 6.96. The molecule has 0 spiro atoms. The monoisotopic (exact) mass is 367 g/mol. The van der Waals surface area contributed by atoms with Crippen molar-refractivity contribution in [1.82, 2.24) is 15.5 Å². The van der Waals surface area contributed by atoms with Crippen molar-refractivity contribution in [1.29, 1.82) is 0 Å². The molecule has 27 heavy (non-hydrogen) atoms. The van der Waals surface area contributed by atoms with Crippen LogP contribution in [0.3, 0.4) is 0 Å². The number of nitrogens with zero attached hydrogens (tertiary/aromatic N) is 1. The lowest BCUT2D eigenvalue weighted by atomic mass is 10.1. The summed E-state index contributed by atoms with van der Waals surface area (Å²) in [6, 6.07) is 16.4. The van der Waals surface area contributed by atoms with Crippen LogP contribution in [0.2, 0.25) is 0 Å². The number of rotatable bonds is 7. The molecule has 0 atom stereocenters. The fraction of sp³-hybridized carbons (Fsp3) is 0.333. The number of hydrogen-bond acceptors (Lipinski definition) is 4. The molecule has 1 fully saturated rings. The molecule has 6 heteroatoms. The summed E-state index contributed by atoms with van der Waals surface area (Å²) in [4.78, 5) is 26.6. The minimum absolute atomic E-state index is 0.0804. The molecule has 2 aromatic carbocycles. The number of nitrogens with one attached hydrogen (secondary N) is 2. The smallest absolute Gasteiger partial charge is 0.251 e. The van der Waals surface area contributed by atoms with Gasteiger partial charge in [0.25, 0.3) is 11.8 Å². The summed E-state index contributed by atoms with van der Waals surface area (Å²) in [6.45, 7) is 5.23. The topological polar surface area (TPSA) is 70.7 Å². The van der Waals surface area contributed by atoms with Crippen LogP contribution in [0.25, 0.3) is 0 Å². The van der Waals surface area contributed by atoms with Crippen molar-refractivity contribution < 1.29 is 14.3 Å². The first-order valence-corrected chi connectivity index (χ1v) is 9.23. The molecule has 2 N–H and O–H groups in total. The van der Waals surface area contributed by atoms with Gasteiger partial charge in [0.15, 0.2) is 0 Å². The third-order valence-corrected chi connectivity index (χ3v) is 4.52. The zero-order valence-corrected chi connectivity index (χ0v) is 15.3. The van der Waals surface area contributed by atoms with E-state index in [-0.39, 0.29) is 11.8 Å². The standard InChI is InChI=1S/C21H25N3O3/c25-20(22-10-11-24-12-14-27-15-13-24)19-8-6-17(7-9-19)16-23-21(26)18-4-2-1-3-5-18/h1-9H,10-16H2,(H,22,25)(H,23,26). The Morgan fingerprint density at radius 2 is 1.48 bits per heavy atom. The molecule has 0 aliphatic carbocycles. The van der Waals surface area contributed by atoms with Crippen LogP contribution >= 0.6 is 0 Å². The molecule has 0 radical (unpaired) electrons. The molecule has 3 rings (SSSR count). The maximum Gasteiger partial charge on any atom is 0.251 e. The normalized spacial score (nSPS) is 14.5. The van der Waals surface area contributed by atoms with Crippen LogP contribution in [-0.4, -0.2) is 56.1 Å². The van der Waals surface area contributed by atoms with E-state index in [4.69, 9.17) is 4.74 Å². The number of ether oxygens (including phenoxy) is 1. The van der Waals surface area contributed by atoms with Crippen LogP contribution in [0.5, 0.6) is 0 Å². The second-order valence-electron chi connectivity index (χ2n) is 6.46. The summed E-state index contributed by atoms with van der Waals surface area (Å²) in [6.07, 6.45) is 0. The average Bonchev–Trinajstić information content (AvgIpc) is 2.73. The van der Waals surface area contributed by atoms with Gasteiger partial charge in [0, 0.05) is 43.9 Å². The highest BCUT2D eigenvalue weighted by Gasteiger charge is 2.11. The van der Waals surface area contributed by atoms with Crippen LogP contribution < -0.4 is 10.6 Å². The summed E-state index contributed by atoms with van der Waals surface area (Å²) >= 11 is 0. The molecule has 142 valence electrons. The highest BCUT2D eigenvalue weighted by Crippen LogP contribution is 2.06. The first kappa shape index (κ1) is 19.1. The number of hydrogen-bond donors (Lipinski definition) is 2. The molecule has 0 saturated carbocycles. The fourth-order valence-electron chi connectivity index (χ4n) is 2.90. The Labute approximate surface area is 159 Å². The van der Waals surface area contributed by atoms with Gasteiger partial charge in [-0.15, -0.1) is 0 Å². The first-order chi connectivity index (χ1) is 13.2. The quantitative estimate of drug-likeness (QED) is 0.781. The van der Waals surface area contributed by atoms with Crippen molar-refractivity contribution in [3.8, 4) is 0 Å². The second kappa shape index (κ2) is 9.85. The van der Waals surface area contributed by atoms with Gasteiger partial charge >= 0.3 is 0 Å². The van der Waals surface area contributed by atoms with Crippen molar-refractivity contribution in [2.45, 2.75) is 6.54 Å². The molecule has 1 heterocycles. The molecular formula is C21H25N3O3. The molecule has 0 bridgehead atoms. The van der Waals surface area contributed by atoms with Crippen molar-refractivity contribution in [2.24, 2.45) is 0 Å². The maximum atomic E-state index is 12.2. The minimum atomic E-state index is -0.111. The van der Waals surface area contributed by atoms with Crippen LogP contribution in [0.4, 0.5) is 0 Å². The van der Waals surface area contributed by atoms with E-state index in [1.165, 1.54) is 0 Å². The lowest BCUT2D eigenvalue weighted by molar-refractivity contribution is 0.0383. The zero-order valence-electron chi connectivity index (χ0n) is 15.3. The number of carbonyl (C=O) groups excluding carboxylic acids is 2. The van der Waals surface area contributed by atoms with E-state index < -0.39 is 0 Å². The van der Waals surface area contributed by atoms with E-state index in [1.54, 1.807) is 24.3 Å². The van der Waals surface area contributed by atoms with Gasteiger partial charge < -0.3 is 15.4 Å². The summed E-state index contributed by atoms with van der Waals surface area (Å²) in [5, 5.41) is 5.83. The average molecular weight is 367 g/mol. The van der Waals surface area contributed by atoms with E-state index in [9.17, 15) is 9.59 Å². The fourth-order valence-corrected chi connectivity index (χ4v) is 2.90. The van der Waals surface area contributed by atoms with Crippen molar-refractivity contribution in [2.75, 3.05) is 39.4 Å². The van der Waals surface area contributed by atoms with E-state index in [0.717, 1.165) is 38.4 Å². The zero-order chi connectivity index (χ0) is 18.9. The Hall–Kier alpha value is -2.70. The van der Waals surface area contributed by atoms with E-state index in [2.05, 4.69) is 15.5 Å². The van der Waals surface area contributed by atoms with Crippen LogP contribution in [-0.2, 0) is 11.3 Å². The lowest BCUT2D eigenvalue weighted by Gasteiger charge is -2.26. The molecule has 0 unspecified atom stereocenters. The van der Waals surface area contributed by atoms with Crippen LogP contribution in [0.1, 0.15) is 26.3 Å². The molecule has 6 nitrogen and oxygen atoms in total. The van der Waals surface area contributed by atoms with Gasteiger partial charge in [-0.05, 0) is 29.8 Å². The first-order valence-electron chi connectivity index (χ1n) is 9.23. The summed E-state index contributed by atoms with van der Waals surface area (Å²) in [5.41, 5.74) is 2.20. The third kappa shape index (κ3) is 5.91. The Morgan fingerprint density at radius 1 is 0.852 bits per heavy atom. The molecule has 1 aliphatic heterocycles. The van der Waals surface area contributed by atoms with E-state index in [1.807, 2.05) is 30.3 Å². The number of amides is 2. The summed E-state index contributed by atoms with van der Waals surface area (Å²) in [5.74, 6) is -0.191. The Balaban J connectivity index is 1.42. The van der Waals surface area contributed by atoms with Crippen LogP contribution in [0.15, 0.2) is 54.6 Å². The van der Waals surface area contributed by atoms with Gasteiger partial charge in [0.05, 0.1) is 13.2 Å². The van der Waals surface area contributed by atoms with Gasteiger partial charge in [0.1, 0.15) is 0 Å². The third-order valence-electron chi connectivity index (χ3n) is 4.52. The van der Waals surface area contributed by atoms with Gasteiger partial charge in [-0.3, -0.25) is 14.5 Å². The Morgan fingerprint density at radius 3 is 2.19 bits per heavy atom. The van der Waals surface area contributed by atoms with Gasteiger partial charge in [-0.2, -0.15) is 0 Å². The van der Waals surface area contributed by atoms with Gasteiger partial charge in [-0.1, -0.05) is 30.3 Å². The maximum absolute atomic E-state index is 12.2. The highest BCUT2D eigenvalue weighted by molar-refractivity contribution is 5.94. The molecule has 1 aliphatic rings. The number of morpholine rings is 1. The predicted molar refractivity (Wildman–Crippen MR) is 104 cm³/mol. The van der Waals surface area contributed by atoms with Gasteiger partial charge in [0.2, 0.25) is 0 Å². The predicted octanol–water partition coefficient (Wildman–Crippen LogP) is 1.68. The molecule has 1 saturated heterocycles. The lowest BCUT2D eigenvalue weighted by Crippen LogP contribution is -2.41. The summed E-state index contributed by atoms with van der Waals surface area (Å²) < 4.78 is 5.31. The molecule has 0 aromatic heterocycles. The van der Waals surface area contributed by atoms with Crippen molar-refractivity contribution in [3.63, 3.8) is 0 Å². The second-order valence-corrected chi connectivity index (χ2v) is 6.46. The number of carbonyl (C=O) groups is 2. The molecule has 2 amide bonds. The van der Waals surface area contributed by atoms with E-state index >= 15 is 0 Å².